The van der Waals surface area contributed by atoms with Crippen molar-refractivity contribution in [3.63, 3.8) is 0 Å². The van der Waals surface area contributed by atoms with E-state index < -0.39 is 12.1 Å². The molecule has 0 heterocycles. The summed E-state index contributed by atoms with van der Waals surface area (Å²) in [6.07, 6.45) is -0.470. The molecule has 1 fully saturated rings. The molecule has 1 aliphatic carbocycles. The molecule has 0 N–H and O–H groups in total. The topological polar surface area (TPSA) is 0 Å². The lowest BCUT2D eigenvalue weighted by Gasteiger charge is -2.23. The van der Waals surface area contributed by atoms with Crippen molar-refractivity contribution in [1.82, 2.24) is 0 Å². The molecular formula is C6H8F3. The van der Waals surface area contributed by atoms with Gasteiger partial charge in [0.05, 0.1) is 0 Å². The van der Waals surface area contributed by atoms with E-state index in [4.69, 9.17) is 0 Å². The smallest absolute Gasteiger partial charge is 0.233 e. The predicted molar refractivity (Wildman–Crippen MR) is 27.8 cm³/mol. The fraction of sp³-hybridized carbons (Fsp3) is 0.833. The molecule has 0 bridgehead atoms. The van der Waals surface area contributed by atoms with Crippen molar-refractivity contribution in [3.05, 3.63) is 6.17 Å². The van der Waals surface area contributed by atoms with Gasteiger partial charge in [0.2, 0.25) is 6.17 Å². The van der Waals surface area contributed by atoms with Crippen LogP contribution in [0.2, 0.25) is 0 Å². The maximum absolute atomic E-state index is 12.2. The number of hydrogen-bond donors (Lipinski definition) is 0. The second-order valence-corrected chi connectivity index (χ2v) is 2.32. The first kappa shape index (κ1) is 6.90. The molecule has 0 aromatic heterocycles. The lowest BCUT2D eigenvalue weighted by atomic mass is 9.95. The lowest BCUT2D eigenvalue weighted by Crippen LogP contribution is -2.26. The van der Waals surface area contributed by atoms with Crippen LogP contribution >= 0.6 is 0 Å². The molecule has 1 radical (unpaired) electrons. The highest BCUT2D eigenvalue weighted by atomic mass is 19.3. The Morgan fingerprint density at radius 1 is 1.22 bits per heavy atom. The molecule has 1 saturated carbocycles. The summed E-state index contributed by atoms with van der Waals surface area (Å²) in [5, 5.41) is 0. The van der Waals surface area contributed by atoms with E-state index in [-0.39, 0.29) is 12.8 Å². The largest absolute Gasteiger partial charge is 0.284 e. The van der Waals surface area contributed by atoms with Gasteiger partial charge in [0.25, 0.3) is 5.92 Å². The van der Waals surface area contributed by atoms with Gasteiger partial charge in [-0.2, -0.15) is 0 Å². The second-order valence-electron chi connectivity index (χ2n) is 2.32. The third-order valence-corrected chi connectivity index (χ3v) is 1.53. The molecule has 0 unspecified atom stereocenters. The summed E-state index contributed by atoms with van der Waals surface area (Å²) < 4.78 is 36.5. The number of rotatable bonds is 0. The van der Waals surface area contributed by atoms with Gasteiger partial charge in [0.1, 0.15) is 0 Å². The number of alkyl halides is 2. The van der Waals surface area contributed by atoms with E-state index >= 15 is 0 Å². The molecule has 0 aromatic carbocycles. The molecule has 0 nitrogen and oxygen atoms in total. The Balaban J connectivity index is 2.49. The van der Waals surface area contributed by atoms with Crippen LogP contribution < -0.4 is 0 Å². The first-order chi connectivity index (χ1) is 4.13. The van der Waals surface area contributed by atoms with Crippen LogP contribution in [0, 0.1) is 6.17 Å². The van der Waals surface area contributed by atoms with Gasteiger partial charge in [0, 0.05) is 6.42 Å². The summed E-state index contributed by atoms with van der Waals surface area (Å²) in [5.74, 6) is -3.11. The van der Waals surface area contributed by atoms with Crippen LogP contribution in [0.5, 0.6) is 0 Å². The highest BCUT2D eigenvalue weighted by Gasteiger charge is 2.42. The van der Waals surface area contributed by atoms with E-state index in [0.717, 1.165) is 0 Å². The first-order valence-electron chi connectivity index (χ1n) is 3.02. The van der Waals surface area contributed by atoms with Crippen LogP contribution in [0.1, 0.15) is 25.7 Å². The van der Waals surface area contributed by atoms with E-state index in [9.17, 15) is 13.2 Å². The minimum Gasteiger partial charge on any atom is -0.233 e. The van der Waals surface area contributed by atoms with Crippen LogP contribution in [-0.2, 0) is 0 Å². The average Bonchev–Trinajstić information content (AvgIpc) is 1.77. The predicted octanol–water partition coefficient (Wildman–Crippen LogP) is 2.70. The van der Waals surface area contributed by atoms with Crippen molar-refractivity contribution >= 4 is 0 Å². The molecule has 0 spiro atoms. The summed E-state index contributed by atoms with van der Waals surface area (Å²) in [4.78, 5) is 0. The van der Waals surface area contributed by atoms with Crippen LogP contribution in [0.3, 0.4) is 0 Å². The van der Waals surface area contributed by atoms with E-state index in [1.807, 2.05) is 0 Å². The highest BCUT2D eigenvalue weighted by Crippen LogP contribution is 2.40. The van der Waals surface area contributed by atoms with E-state index in [1.165, 1.54) is 0 Å². The van der Waals surface area contributed by atoms with Gasteiger partial charge in [-0.05, 0) is 19.3 Å². The molecule has 9 heavy (non-hydrogen) atoms. The molecule has 0 saturated heterocycles. The Morgan fingerprint density at radius 3 is 2.22 bits per heavy atom. The molecule has 1 rings (SSSR count). The van der Waals surface area contributed by atoms with Gasteiger partial charge >= 0.3 is 0 Å². The second kappa shape index (κ2) is 2.20. The van der Waals surface area contributed by atoms with Crippen molar-refractivity contribution < 1.29 is 13.2 Å². The third-order valence-electron chi connectivity index (χ3n) is 1.53. The van der Waals surface area contributed by atoms with Crippen molar-refractivity contribution in [3.8, 4) is 0 Å². The van der Waals surface area contributed by atoms with Crippen molar-refractivity contribution in [2.75, 3.05) is 0 Å². The van der Waals surface area contributed by atoms with Gasteiger partial charge in [-0.1, -0.05) is 0 Å². The third kappa shape index (κ3) is 1.37. The zero-order valence-corrected chi connectivity index (χ0v) is 4.96. The number of halogens is 3. The monoisotopic (exact) mass is 137 g/mol. The summed E-state index contributed by atoms with van der Waals surface area (Å²) in [6, 6.07) is 0. The Labute approximate surface area is 52.1 Å². The summed E-state index contributed by atoms with van der Waals surface area (Å²) >= 11 is 0. The Morgan fingerprint density at radius 2 is 1.89 bits per heavy atom. The Hall–Kier alpha value is -0.210. The quantitative estimate of drug-likeness (QED) is 0.481. The fourth-order valence-corrected chi connectivity index (χ4v) is 0.946. The van der Waals surface area contributed by atoms with Gasteiger partial charge in [-0.15, -0.1) is 0 Å². The normalized spacial score (nSPS) is 28.3. The molecular weight excluding hydrogens is 129 g/mol. The van der Waals surface area contributed by atoms with E-state index in [1.54, 1.807) is 0 Å². The molecule has 0 aliphatic heterocycles. The SMILES string of the molecule is F[C]1CCCCC1(F)F. The summed E-state index contributed by atoms with van der Waals surface area (Å²) in [7, 11) is 0. The Bertz CT molecular complexity index is 100. The lowest BCUT2D eigenvalue weighted by molar-refractivity contribution is -0.0446. The maximum atomic E-state index is 12.2. The fourth-order valence-electron chi connectivity index (χ4n) is 0.946. The summed E-state index contributed by atoms with van der Waals surface area (Å²) in [6.45, 7) is 0. The van der Waals surface area contributed by atoms with Crippen LogP contribution in [-0.4, -0.2) is 5.92 Å². The zero-order chi connectivity index (χ0) is 6.91. The highest BCUT2D eigenvalue weighted by molar-refractivity contribution is 4.96. The standard InChI is InChI=1S/C6H8F3/c7-5-3-1-2-4-6(5,8)9/h1-4H2. The number of hydrogen-bond acceptors (Lipinski definition) is 0. The van der Waals surface area contributed by atoms with Crippen molar-refractivity contribution in [2.45, 2.75) is 31.6 Å². The Kier molecular flexibility index (Phi) is 1.68. The van der Waals surface area contributed by atoms with Crippen molar-refractivity contribution in [1.29, 1.82) is 0 Å². The van der Waals surface area contributed by atoms with E-state index in [2.05, 4.69) is 0 Å². The van der Waals surface area contributed by atoms with E-state index in [0.29, 0.717) is 12.8 Å². The minimum absolute atomic E-state index is 0.0486. The average molecular weight is 137 g/mol. The molecule has 3 heteroatoms. The van der Waals surface area contributed by atoms with Gasteiger partial charge in [0.15, 0.2) is 0 Å². The van der Waals surface area contributed by atoms with Crippen LogP contribution in [0.15, 0.2) is 0 Å². The summed E-state index contributed by atoms with van der Waals surface area (Å²) in [5.41, 5.74) is 0. The van der Waals surface area contributed by atoms with Crippen LogP contribution in [0.4, 0.5) is 13.2 Å². The van der Waals surface area contributed by atoms with Crippen molar-refractivity contribution in [2.24, 2.45) is 0 Å². The minimum atomic E-state index is -3.11. The zero-order valence-electron chi connectivity index (χ0n) is 4.96. The first-order valence-corrected chi connectivity index (χ1v) is 3.02. The van der Waals surface area contributed by atoms with Gasteiger partial charge < -0.3 is 0 Å². The maximum Gasteiger partial charge on any atom is 0.284 e. The molecule has 1 aliphatic rings. The molecule has 0 amide bonds. The molecule has 0 atom stereocenters. The van der Waals surface area contributed by atoms with Gasteiger partial charge in [-0.25, -0.2) is 13.2 Å². The van der Waals surface area contributed by atoms with Gasteiger partial charge in [-0.3, -0.25) is 0 Å². The molecule has 0 aromatic rings. The molecule has 53 valence electrons. The van der Waals surface area contributed by atoms with Crippen LogP contribution in [0.25, 0.3) is 0 Å².